The fourth-order valence-corrected chi connectivity index (χ4v) is 5.60. The summed E-state index contributed by atoms with van der Waals surface area (Å²) in [6, 6.07) is 15.5. The van der Waals surface area contributed by atoms with E-state index < -0.39 is 5.91 Å². The lowest BCUT2D eigenvalue weighted by Gasteiger charge is -2.32. The van der Waals surface area contributed by atoms with Crippen LogP contribution in [-0.2, 0) is 11.3 Å². The second-order valence-electron chi connectivity index (χ2n) is 9.69. The molecule has 10 nitrogen and oxygen atoms in total. The fraction of sp³-hybridized carbons (Fsp3) is 0.276. The molecule has 5 heterocycles. The molecule has 2 aliphatic heterocycles. The van der Waals surface area contributed by atoms with Gasteiger partial charge in [0.1, 0.15) is 17.0 Å². The highest BCUT2D eigenvalue weighted by Crippen LogP contribution is 2.29. The van der Waals surface area contributed by atoms with Crippen molar-refractivity contribution in [3.8, 4) is 17.2 Å². The molecule has 40 heavy (non-hydrogen) atoms. The number of rotatable bonds is 8. The molecule has 2 fully saturated rings. The Labute approximate surface area is 235 Å². The number of imide groups is 1. The number of amides is 2. The van der Waals surface area contributed by atoms with Gasteiger partial charge in [-0.2, -0.15) is 0 Å². The van der Waals surface area contributed by atoms with Crippen LogP contribution in [0.25, 0.3) is 28.5 Å². The summed E-state index contributed by atoms with van der Waals surface area (Å²) in [4.78, 5) is 39.6. The van der Waals surface area contributed by atoms with Crippen LogP contribution in [0.1, 0.15) is 24.2 Å². The van der Waals surface area contributed by atoms with Crippen LogP contribution in [0.5, 0.6) is 5.75 Å². The smallest absolute Gasteiger partial charge is 0.290 e. The minimum Gasteiger partial charge on any atom is -0.495 e. The van der Waals surface area contributed by atoms with Gasteiger partial charge in [0.2, 0.25) is 5.95 Å². The summed E-state index contributed by atoms with van der Waals surface area (Å²) >= 11 is 0.882. The van der Waals surface area contributed by atoms with Crippen LogP contribution in [0.3, 0.4) is 0 Å². The molecular formula is C29H28N6O4S. The molecule has 3 aromatic heterocycles. The van der Waals surface area contributed by atoms with E-state index in [1.807, 2.05) is 42.5 Å². The van der Waals surface area contributed by atoms with Crippen LogP contribution in [0.15, 0.2) is 64.1 Å². The average Bonchev–Trinajstić information content (AvgIpc) is 3.55. The number of anilines is 1. The third-order valence-corrected chi connectivity index (χ3v) is 7.85. The highest BCUT2D eigenvalue weighted by atomic mass is 32.2. The third kappa shape index (κ3) is 5.70. The number of carbonyl (C=O) groups excluding carboxylic acids is 2. The van der Waals surface area contributed by atoms with Crippen LogP contribution >= 0.6 is 11.8 Å². The van der Waals surface area contributed by atoms with Gasteiger partial charge in [-0.05, 0) is 73.5 Å². The second-order valence-corrected chi connectivity index (χ2v) is 10.7. The molecule has 0 aliphatic carbocycles. The number of para-hydroxylation sites is 1. The van der Waals surface area contributed by atoms with E-state index in [2.05, 4.69) is 25.5 Å². The van der Waals surface area contributed by atoms with Gasteiger partial charge < -0.3 is 19.4 Å². The Morgan fingerprint density at radius 3 is 2.77 bits per heavy atom. The minimum atomic E-state index is -0.391. The number of furan rings is 1. The zero-order valence-corrected chi connectivity index (χ0v) is 22.7. The largest absolute Gasteiger partial charge is 0.495 e. The lowest BCUT2D eigenvalue weighted by Crippen LogP contribution is -2.38. The normalized spacial score (nSPS) is 17.1. The maximum Gasteiger partial charge on any atom is 0.290 e. The summed E-state index contributed by atoms with van der Waals surface area (Å²) in [5, 5.41) is 6.51. The molecule has 2 saturated heterocycles. The van der Waals surface area contributed by atoms with E-state index in [0.717, 1.165) is 78.1 Å². The Kier molecular flexibility index (Phi) is 7.47. The number of pyridine rings is 1. The molecular weight excluding hydrogens is 528 g/mol. The molecule has 0 unspecified atom stereocenters. The van der Waals surface area contributed by atoms with E-state index in [-0.39, 0.29) is 5.24 Å². The summed E-state index contributed by atoms with van der Waals surface area (Å²) in [6.45, 7) is 3.12. The maximum atomic E-state index is 11.8. The first-order chi connectivity index (χ1) is 19.6. The predicted molar refractivity (Wildman–Crippen MR) is 154 cm³/mol. The van der Waals surface area contributed by atoms with Crippen molar-refractivity contribution >= 4 is 45.9 Å². The van der Waals surface area contributed by atoms with Crippen molar-refractivity contribution in [1.82, 2.24) is 25.6 Å². The van der Waals surface area contributed by atoms with Crippen molar-refractivity contribution in [3.05, 3.63) is 71.0 Å². The Morgan fingerprint density at radius 1 is 1.15 bits per heavy atom. The van der Waals surface area contributed by atoms with E-state index in [1.54, 1.807) is 25.4 Å². The fourth-order valence-electron chi connectivity index (χ4n) is 4.93. The van der Waals surface area contributed by atoms with Crippen molar-refractivity contribution in [3.63, 3.8) is 0 Å². The van der Waals surface area contributed by atoms with Crippen molar-refractivity contribution in [2.45, 2.75) is 19.4 Å². The monoisotopic (exact) mass is 556 g/mol. The highest BCUT2D eigenvalue weighted by molar-refractivity contribution is 8.18. The van der Waals surface area contributed by atoms with Gasteiger partial charge in [0, 0.05) is 31.2 Å². The number of nitrogens with zero attached hydrogens (tertiary/aromatic N) is 4. The molecule has 1 aromatic carbocycles. The molecule has 0 bridgehead atoms. The Hall–Kier alpha value is -4.22. The average molecular weight is 557 g/mol. The van der Waals surface area contributed by atoms with Crippen molar-refractivity contribution in [1.29, 1.82) is 0 Å². The van der Waals surface area contributed by atoms with Gasteiger partial charge in [-0.25, -0.2) is 15.0 Å². The van der Waals surface area contributed by atoms with Crippen molar-refractivity contribution in [2.24, 2.45) is 5.92 Å². The summed E-state index contributed by atoms with van der Waals surface area (Å²) < 4.78 is 11.6. The standard InChI is InChI=1S/C29H28N6O4S/c1-38-24-7-6-21(25-14-19-4-2-3-5-23(19)39-25)33-22(24)17-30-16-18-9-12-35(13-10-18)28-31-11-8-20(32-28)15-26-27(36)34-29(37)40-26/h2-8,11,14-15,18,30H,9-10,12-13,16-17H2,1H3,(H,34,36,37)/b26-15+. The number of fused-ring (bicyclic) bond motifs is 1. The van der Waals surface area contributed by atoms with Crippen LogP contribution in [0.2, 0.25) is 0 Å². The first kappa shape index (κ1) is 26.0. The number of piperidine rings is 1. The highest BCUT2D eigenvalue weighted by Gasteiger charge is 2.26. The molecule has 2 aliphatic rings. The van der Waals surface area contributed by atoms with E-state index in [4.69, 9.17) is 14.1 Å². The molecule has 0 spiro atoms. The van der Waals surface area contributed by atoms with Gasteiger partial charge in [0.05, 0.1) is 23.4 Å². The topological polar surface area (TPSA) is 122 Å². The number of benzene rings is 1. The second kappa shape index (κ2) is 11.5. The minimum absolute atomic E-state index is 0.341. The number of ether oxygens (including phenoxy) is 1. The quantitative estimate of drug-likeness (QED) is 0.297. The molecule has 6 rings (SSSR count). The third-order valence-electron chi connectivity index (χ3n) is 7.04. The Morgan fingerprint density at radius 2 is 2.00 bits per heavy atom. The van der Waals surface area contributed by atoms with Gasteiger partial charge in [0.15, 0.2) is 5.76 Å². The van der Waals surface area contributed by atoms with Gasteiger partial charge in [-0.1, -0.05) is 18.2 Å². The summed E-state index contributed by atoms with van der Waals surface area (Å²) in [5.74, 6) is 2.23. The number of carbonyl (C=O) groups is 2. The van der Waals surface area contributed by atoms with E-state index in [1.165, 1.54) is 0 Å². The predicted octanol–water partition coefficient (Wildman–Crippen LogP) is 4.62. The zero-order chi connectivity index (χ0) is 27.5. The Balaban J connectivity index is 1.04. The van der Waals surface area contributed by atoms with Crippen LogP contribution in [0, 0.1) is 5.92 Å². The number of methoxy groups -OCH3 is 1. The van der Waals surface area contributed by atoms with E-state index in [9.17, 15) is 9.59 Å². The maximum absolute atomic E-state index is 11.8. The van der Waals surface area contributed by atoms with Gasteiger partial charge in [0.25, 0.3) is 11.1 Å². The molecule has 204 valence electrons. The first-order valence-corrected chi connectivity index (χ1v) is 13.9. The number of hydrogen-bond acceptors (Lipinski definition) is 10. The molecule has 2 N–H and O–H groups in total. The molecule has 4 aromatic rings. The van der Waals surface area contributed by atoms with Crippen molar-refractivity contribution in [2.75, 3.05) is 31.6 Å². The van der Waals surface area contributed by atoms with Gasteiger partial charge in [-0.15, -0.1) is 0 Å². The SMILES string of the molecule is COc1ccc(-c2cc3ccccc3o2)nc1CNCC1CCN(c2nccc(/C=C3/SC(=O)NC3=O)n2)CC1. The van der Waals surface area contributed by atoms with Crippen LogP contribution < -0.4 is 20.3 Å². The lowest BCUT2D eigenvalue weighted by atomic mass is 9.97. The lowest BCUT2D eigenvalue weighted by molar-refractivity contribution is -0.115. The van der Waals surface area contributed by atoms with Crippen LogP contribution in [-0.4, -0.2) is 52.8 Å². The summed E-state index contributed by atoms with van der Waals surface area (Å²) in [6.07, 6.45) is 5.30. The first-order valence-electron chi connectivity index (χ1n) is 13.1. The number of aromatic nitrogens is 3. The number of hydrogen-bond donors (Lipinski definition) is 2. The zero-order valence-electron chi connectivity index (χ0n) is 21.9. The summed E-state index contributed by atoms with van der Waals surface area (Å²) in [5.41, 5.74) is 3.06. The summed E-state index contributed by atoms with van der Waals surface area (Å²) in [7, 11) is 1.66. The van der Waals surface area contributed by atoms with E-state index in [0.29, 0.717) is 29.0 Å². The molecule has 0 atom stereocenters. The van der Waals surface area contributed by atoms with Gasteiger partial charge in [-0.3, -0.25) is 14.9 Å². The number of nitrogens with one attached hydrogen (secondary N) is 2. The molecule has 2 amide bonds. The van der Waals surface area contributed by atoms with E-state index >= 15 is 0 Å². The molecule has 0 radical (unpaired) electrons. The molecule has 11 heteroatoms. The van der Waals surface area contributed by atoms with Crippen LogP contribution in [0.4, 0.5) is 10.7 Å². The van der Waals surface area contributed by atoms with Crippen molar-refractivity contribution < 1.29 is 18.7 Å². The number of thioether (sulfide) groups is 1. The Bertz CT molecular complexity index is 1560. The van der Waals surface area contributed by atoms with Gasteiger partial charge >= 0.3 is 0 Å². The molecule has 0 saturated carbocycles.